The summed E-state index contributed by atoms with van der Waals surface area (Å²) in [6.45, 7) is 5.50. The van der Waals surface area contributed by atoms with E-state index in [2.05, 4.69) is 20.9 Å². The first kappa shape index (κ1) is 18.5. The zero-order chi connectivity index (χ0) is 19.2. The number of amides is 3. The summed E-state index contributed by atoms with van der Waals surface area (Å²) in [5.41, 5.74) is 2.44. The molecule has 0 saturated heterocycles. The fourth-order valence-corrected chi connectivity index (χ4v) is 2.80. The van der Waals surface area contributed by atoms with Gasteiger partial charge in [-0.2, -0.15) is 0 Å². The second-order valence-electron chi connectivity index (χ2n) is 6.14. The van der Waals surface area contributed by atoms with E-state index in [9.17, 15) is 9.59 Å². The molecule has 8 nitrogen and oxygen atoms in total. The number of nitrogens with one attached hydrogen (secondary N) is 3. The molecule has 2 heterocycles. The van der Waals surface area contributed by atoms with Crippen molar-refractivity contribution in [3.8, 4) is 5.75 Å². The van der Waals surface area contributed by atoms with E-state index >= 15 is 0 Å². The number of carbonyl (C=O) groups is 2. The molecule has 0 spiro atoms. The standard InChI is InChI=1S/C19H23N5O3/c1-3-24-15-5-4-14(11-16(15)27-12-18(24)25)23-19(26)22-9-8-21-17-10-13(2)6-7-20-17/h4-7,10-11H,3,8-9,12H2,1-2H3,(H,20,21)(H2,22,23,26). The highest BCUT2D eigenvalue weighted by Crippen LogP contribution is 2.34. The van der Waals surface area contributed by atoms with Gasteiger partial charge in [0.05, 0.1) is 5.69 Å². The number of likely N-dealkylation sites (N-methyl/N-ethyl adjacent to an activating group) is 1. The number of pyridine rings is 1. The monoisotopic (exact) mass is 369 g/mol. The normalized spacial score (nSPS) is 12.8. The predicted molar refractivity (Wildman–Crippen MR) is 104 cm³/mol. The van der Waals surface area contributed by atoms with Crippen LogP contribution in [0.1, 0.15) is 12.5 Å². The summed E-state index contributed by atoms with van der Waals surface area (Å²) in [4.78, 5) is 29.7. The number of rotatable bonds is 6. The Bertz CT molecular complexity index is 840. The zero-order valence-corrected chi connectivity index (χ0v) is 15.4. The van der Waals surface area contributed by atoms with Crippen molar-refractivity contribution in [2.24, 2.45) is 0 Å². The molecule has 3 amide bonds. The van der Waals surface area contributed by atoms with Gasteiger partial charge in [-0.3, -0.25) is 4.79 Å². The van der Waals surface area contributed by atoms with Gasteiger partial charge in [-0.05, 0) is 43.7 Å². The maximum Gasteiger partial charge on any atom is 0.319 e. The summed E-state index contributed by atoms with van der Waals surface area (Å²) in [5.74, 6) is 1.29. The van der Waals surface area contributed by atoms with Crippen molar-refractivity contribution in [2.45, 2.75) is 13.8 Å². The van der Waals surface area contributed by atoms with E-state index in [0.29, 0.717) is 31.1 Å². The smallest absolute Gasteiger partial charge is 0.319 e. The van der Waals surface area contributed by atoms with Gasteiger partial charge in [0.2, 0.25) is 0 Å². The minimum Gasteiger partial charge on any atom is -0.481 e. The minimum absolute atomic E-state index is 0.00908. The number of urea groups is 1. The van der Waals surface area contributed by atoms with E-state index in [1.54, 1.807) is 29.3 Å². The van der Waals surface area contributed by atoms with Gasteiger partial charge in [0, 0.05) is 37.6 Å². The third-order valence-corrected chi connectivity index (χ3v) is 4.11. The van der Waals surface area contributed by atoms with Gasteiger partial charge in [0.25, 0.3) is 5.91 Å². The molecule has 0 aliphatic carbocycles. The number of hydrogen-bond acceptors (Lipinski definition) is 5. The van der Waals surface area contributed by atoms with Crippen LogP contribution in [0.5, 0.6) is 5.75 Å². The van der Waals surface area contributed by atoms with E-state index in [-0.39, 0.29) is 18.5 Å². The Morgan fingerprint density at radius 3 is 2.89 bits per heavy atom. The lowest BCUT2D eigenvalue weighted by atomic mass is 10.2. The molecular formula is C19H23N5O3. The average molecular weight is 369 g/mol. The number of nitrogens with zero attached hydrogens (tertiary/aromatic N) is 2. The van der Waals surface area contributed by atoms with Gasteiger partial charge in [0.1, 0.15) is 11.6 Å². The molecule has 8 heteroatoms. The van der Waals surface area contributed by atoms with Crippen molar-refractivity contribution >= 4 is 29.1 Å². The second kappa shape index (κ2) is 8.39. The van der Waals surface area contributed by atoms with Crippen LogP contribution < -0.4 is 25.6 Å². The molecule has 3 N–H and O–H groups in total. The largest absolute Gasteiger partial charge is 0.481 e. The molecule has 0 unspecified atom stereocenters. The van der Waals surface area contributed by atoms with Gasteiger partial charge >= 0.3 is 6.03 Å². The predicted octanol–water partition coefficient (Wildman–Crippen LogP) is 2.37. The molecule has 1 aliphatic rings. The number of ether oxygens (including phenoxy) is 1. The second-order valence-corrected chi connectivity index (χ2v) is 6.14. The number of aryl methyl sites for hydroxylation is 1. The SMILES string of the molecule is CCN1C(=O)COc2cc(NC(=O)NCCNc3cc(C)ccn3)ccc21. The van der Waals surface area contributed by atoms with Gasteiger partial charge < -0.3 is 25.6 Å². The van der Waals surface area contributed by atoms with Crippen LogP contribution in [0.25, 0.3) is 0 Å². The topological polar surface area (TPSA) is 95.6 Å². The number of fused-ring (bicyclic) bond motifs is 1. The molecule has 1 aromatic heterocycles. The number of aromatic nitrogens is 1. The van der Waals surface area contributed by atoms with Crippen LogP contribution in [0.15, 0.2) is 36.5 Å². The number of anilines is 3. The lowest BCUT2D eigenvalue weighted by Crippen LogP contribution is -2.38. The van der Waals surface area contributed by atoms with Crippen molar-refractivity contribution in [3.63, 3.8) is 0 Å². The van der Waals surface area contributed by atoms with Crippen LogP contribution in [-0.2, 0) is 4.79 Å². The van der Waals surface area contributed by atoms with Crippen molar-refractivity contribution in [1.29, 1.82) is 0 Å². The zero-order valence-electron chi connectivity index (χ0n) is 15.4. The van der Waals surface area contributed by atoms with E-state index in [1.165, 1.54) is 0 Å². The van der Waals surface area contributed by atoms with E-state index in [4.69, 9.17) is 4.74 Å². The highest BCUT2D eigenvalue weighted by molar-refractivity contribution is 5.98. The molecule has 0 atom stereocenters. The van der Waals surface area contributed by atoms with E-state index in [1.807, 2.05) is 26.0 Å². The van der Waals surface area contributed by atoms with Crippen LogP contribution >= 0.6 is 0 Å². The first-order valence-electron chi connectivity index (χ1n) is 8.85. The Morgan fingerprint density at radius 1 is 1.26 bits per heavy atom. The Morgan fingerprint density at radius 2 is 2.11 bits per heavy atom. The van der Waals surface area contributed by atoms with E-state index in [0.717, 1.165) is 17.1 Å². The average Bonchev–Trinajstić information content (AvgIpc) is 2.65. The maximum absolute atomic E-state index is 12.0. The molecule has 142 valence electrons. The first-order valence-corrected chi connectivity index (χ1v) is 8.85. The van der Waals surface area contributed by atoms with Crippen molar-refractivity contribution in [3.05, 3.63) is 42.1 Å². The summed E-state index contributed by atoms with van der Waals surface area (Å²) in [7, 11) is 0. The summed E-state index contributed by atoms with van der Waals surface area (Å²) in [6, 6.07) is 8.80. The molecule has 0 radical (unpaired) electrons. The van der Waals surface area contributed by atoms with Crippen molar-refractivity contribution < 1.29 is 14.3 Å². The molecule has 1 aromatic carbocycles. The number of carbonyl (C=O) groups excluding carboxylic acids is 2. The van der Waals surface area contributed by atoms with Gasteiger partial charge in [-0.25, -0.2) is 9.78 Å². The van der Waals surface area contributed by atoms with Gasteiger partial charge in [-0.15, -0.1) is 0 Å². The molecule has 0 saturated carbocycles. The van der Waals surface area contributed by atoms with Crippen molar-refractivity contribution in [2.75, 3.05) is 41.8 Å². The van der Waals surface area contributed by atoms with Crippen LogP contribution in [0, 0.1) is 6.92 Å². The van der Waals surface area contributed by atoms with Crippen LogP contribution in [0.3, 0.4) is 0 Å². The van der Waals surface area contributed by atoms with Gasteiger partial charge in [-0.1, -0.05) is 0 Å². The third-order valence-electron chi connectivity index (χ3n) is 4.11. The molecule has 3 rings (SSSR count). The van der Waals surface area contributed by atoms with E-state index < -0.39 is 0 Å². The number of hydrogen-bond donors (Lipinski definition) is 3. The molecule has 0 bridgehead atoms. The Kier molecular flexibility index (Phi) is 5.75. The Balaban J connectivity index is 1.49. The number of benzene rings is 1. The quantitative estimate of drug-likeness (QED) is 0.680. The van der Waals surface area contributed by atoms with Crippen LogP contribution in [-0.4, -0.2) is 43.2 Å². The molecule has 2 aromatic rings. The first-order chi connectivity index (χ1) is 13.1. The Hall–Kier alpha value is -3.29. The fraction of sp³-hybridized carbons (Fsp3) is 0.316. The van der Waals surface area contributed by atoms with Crippen LogP contribution in [0.4, 0.5) is 22.0 Å². The molecular weight excluding hydrogens is 346 g/mol. The summed E-state index contributed by atoms with van der Waals surface area (Å²) >= 11 is 0. The lowest BCUT2D eigenvalue weighted by molar-refractivity contribution is -0.121. The summed E-state index contributed by atoms with van der Waals surface area (Å²) in [5, 5.41) is 8.69. The Labute approximate surface area is 157 Å². The lowest BCUT2D eigenvalue weighted by Gasteiger charge is -2.28. The van der Waals surface area contributed by atoms with Crippen LogP contribution in [0.2, 0.25) is 0 Å². The van der Waals surface area contributed by atoms with Gasteiger partial charge in [0.15, 0.2) is 6.61 Å². The molecule has 0 fully saturated rings. The fourth-order valence-electron chi connectivity index (χ4n) is 2.80. The maximum atomic E-state index is 12.0. The third kappa shape index (κ3) is 4.66. The summed E-state index contributed by atoms with van der Waals surface area (Å²) in [6.07, 6.45) is 1.74. The molecule has 27 heavy (non-hydrogen) atoms. The molecule has 1 aliphatic heterocycles. The highest BCUT2D eigenvalue weighted by atomic mass is 16.5. The highest BCUT2D eigenvalue weighted by Gasteiger charge is 2.24. The summed E-state index contributed by atoms with van der Waals surface area (Å²) < 4.78 is 5.47. The minimum atomic E-state index is -0.312. The van der Waals surface area contributed by atoms with Crippen molar-refractivity contribution in [1.82, 2.24) is 10.3 Å².